The van der Waals surface area contributed by atoms with E-state index in [2.05, 4.69) is 0 Å². The highest BCUT2D eigenvalue weighted by molar-refractivity contribution is 5.90. The van der Waals surface area contributed by atoms with Crippen molar-refractivity contribution in [2.24, 2.45) is 23.2 Å². The van der Waals surface area contributed by atoms with Gasteiger partial charge in [-0.05, 0) is 19.8 Å². The Kier molecular flexibility index (Phi) is 1.83. The van der Waals surface area contributed by atoms with E-state index in [-0.39, 0.29) is 17.6 Å². The van der Waals surface area contributed by atoms with E-state index in [1.54, 1.807) is 0 Å². The van der Waals surface area contributed by atoms with Crippen molar-refractivity contribution in [3.05, 3.63) is 0 Å². The van der Waals surface area contributed by atoms with Crippen LogP contribution in [0, 0.1) is 34.5 Å². The standard InChI is InChI=1S/C13H15NO3/c1-12-8(6-14)11(16)17-13(12,2)7-4-3-5-9(15)10(7)12/h7-8,10H,3-5H2,1-2H3/t7-,8+,10+,12-,13+/m0/s1. The molecule has 2 saturated carbocycles. The number of nitriles is 1. The van der Waals surface area contributed by atoms with Crippen LogP contribution in [0.5, 0.6) is 0 Å². The molecule has 0 aromatic rings. The monoisotopic (exact) mass is 233 g/mol. The first kappa shape index (κ1) is 10.8. The van der Waals surface area contributed by atoms with E-state index >= 15 is 0 Å². The highest BCUT2D eigenvalue weighted by atomic mass is 16.6. The van der Waals surface area contributed by atoms with Gasteiger partial charge in [-0.15, -0.1) is 0 Å². The van der Waals surface area contributed by atoms with Gasteiger partial charge in [0, 0.05) is 23.7 Å². The molecule has 0 bridgehead atoms. The van der Waals surface area contributed by atoms with E-state index in [9.17, 15) is 9.59 Å². The fourth-order valence-corrected chi connectivity index (χ4v) is 4.35. The van der Waals surface area contributed by atoms with Gasteiger partial charge in [0.15, 0.2) is 5.92 Å². The topological polar surface area (TPSA) is 67.2 Å². The Hall–Kier alpha value is -1.37. The van der Waals surface area contributed by atoms with Crippen LogP contribution in [0.15, 0.2) is 0 Å². The van der Waals surface area contributed by atoms with E-state index in [0.717, 1.165) is 12.8 Å². The van der Waals surface area contributed by atoms with E-state index in [1.807, 2.05) is 19.9 Å². The number of ketones is 1. The number of carbonyl (C=O) groups excluding carboxylic acids is 2. The Balaban J connectivity index is 2.09. The summed E-state index contributed by atoms with van der Waals surface area (Å²) in [5.41, 5.74) is -1.22. The van der Waals surface area contributed by atoms with Crippen LogP contribution in [0.2, 0.25) is 0 Å². The maximum atomic E-state index is 12.0. The summed E-state index contributed by atoms with van der Waals surface area (Å²) in [4.78, 5) is 23.8. The second-order valence-corrected chi connectivity index (χ2v) is 5.82. The van der Waals surface area contributed by atoms with Gasteiger partial charge < -0.3 is 4.74 Å². The summed E-state index contributed by atoms with van der Waals surface area (Å²) < 4.78 is 5.46. The lowest BCUT2D eigenvalue weighted by Gasteiger charge is -2.62. The van der Waals surface area contributed by atoms with Crippen LogP contribution < -0.4 is 0 Å². The number of esters is 1. The number of rotatable bonds is 0. The van der Waals surface area contributed by atoms with Gasteiger partial charge in [0.25, 0.3) is 0 Å². The van der Waals surface area contributed by atoms with Gasteiger partial charge in [-0.25, -0.2) is 0 Å². The predicted molar refractivity (Wildman–Crippen MR) is 57.5 cm³/mol. The molecule has 1 heterocycles. The van der Waals surface area contributed by atoms with Crippen LogP contribution in [-0.2, 0) is 14.3 Å². The molecule has 90 valence electrons. The molecule has 1 aliphatic heterocycles. The van der Waals surface area contributed by atoms with E-state index in [4.69, 9.17) is 10.00 Å². The molecule has 0 unspecified atom stereocenters. The minimum absolute atomic E-state index is 0.121. The average Bonchev–Trinajstić information content (AvgIpc) is 2.43. The zero-order valence-corrected chi connectivity index (χ0v) is 10.0. The van der Waals surface area contributed by atoms with Gasteiger partial charge >= 0.3 is 5.97 Å². The second-order valence-electron chi connectivity index (χ2n) is 5.82. The summed E-state index contributed by atoms with van der Waals surface area (Å²) >= 11 is 0. The molecule has 3 fully saturated rings. The van der Waals surface area contributed by atoms with Gasteiger partial charge in [-0.2, -0.15) is 5.26 Å². The number of Topliss-reactive ketones (excluding diaryl/α,β-unsaturated/α-hetero) is 1. The van der Waals surface area contributed by atoms with Crippen molar-refractivity contribution in [2.75, 3.05) is 0 Å². The molecule has 0 N–H and O–H groups in total. The molecular formula is C13H15NO3. The van der Waals surface area contributed by atoms with E-state index in [1.165, 1.54) is 0 Å². The molecule has 1 saturated heterocycles. The normalized spacial score (nSPS) is 51.9. The largest absolute Gasteiger partial charge is 0.457 e. The van der Waals surface area contributed by atoms with Gasteiger partial charge in [-0.3, -0.25) is 9.59 Å². The van der Waals surface area contributed by atoms with Crippen LogP contribution in [0.3, 0.4) is 0 Å². The van der Waals surface area contributed by atoms with Crippen molar-refractivity contribution in [1.29, 1.82) is 5.26 Å². The second kappa shape index (κ2) is 2.90. The highest BCUT2D eigenvalue weighted by Gasteiger charge is 2.79. The van der Waals surface area contributed by atoms with E-state index in [0.29, 0.717) is 6.42 Å². The summed E-state index contributed by atoms with van der Waals surface area (Å²) in [6.45, 7) is 3.76. The van der Waals surface area contributed by atoms with Gasteiger partial charge in [0.1, 0.15) is 11.4 Å². The quantitative estimate of drug-likeness (QED) is 0.594. The molecule has 4 heteroatoms. The molecule has 17 heavy (non-hydrogen) atoms. The third-order valence-corrected chi connectivity index (χ3v) is 5.39. The van der Waals surface area contributed by atoms with Crippen LogP contribution in [0.4, 0.5) is 0 Å². The third kappa shape index (κ3) is 0.910. The number of carbonyl (C=O) groups is 2. The first-order valence-corrected chi connectivity index (χ1v) is 6.12. The molecule has 0 spiro atoms. The lowest BCUT2D eigenvalue weighted by molar-refractivity contribution is -0.227. The van der Waals surface area contributed by atoms with Gasteiger partial charge in [-0.1, -0.05) is 6.92 Å². The van der Waals surface area contributed by atoms with Crippen molar-refractivity contribution < 1.29 is 14.3 Å². The number of fused-ring (bicyclic) bond motifs is 4. The Morgan fingerprint density at radius 2 is 2.12 bits per heavy atom. The van der Waals surface area contributed by atoms with Crippen molar-refractivity contribution in [3.8, 4) is 6.07 Å². The molecule has 4 nitrogen and oxygen atoms in total. The molecule has 0 radical (unpaired) electrons. The Labute approximate surface area is 99.9 Å². The fourth-order valence-electron chi connectivity index (χ4n) is 4.35. The molecule has 5 atom stereocenters. The minimum Gasteiger partial charge on any atom is -0.457 e. The lowest BCUT2D eigenvalue weighted by Crippen LogP contribution is -2.70. The minimum atomic E-state index is -0.782. The molecule has 3 rings (SSSR count). The van der Waals surface area contributed by atoms with E-state index < -0.39 is 22.9 Å². The number of nitrogens with zero attached hydrogens (tertiary/aromatic N) is 1. The van der Waals surface area contributed by atoms with Crippen molar-refractivity contribution in [2.45, 2.75) is 38.7 Å². The third-order valence-electron chi connectivity index (χ3n) is 5.39. The average molecular weight is 233 g/mol. The summed E-state index contributed by atoms with van der Waals surface area (Å²) in [6.07, 6.45) is 2.38. The maximum Gasteiger partial charge on any atom is 0.324 e. The van der Waals surface area contributed by atoms with Crippen molar-refractivity contribution in [1.82, 2.24) is 0 Å². The summed E-state index contributed by atoms with van der Waals surface area (Å²) in [6, 6.07) is 2.04. The Morgan fingerprint density at radius 3 is 2.76 bits per heavy atom. The molecule has 3 aliphatic rings. The number of hydrogen-bond acceptors (Lipinski definition) is 4. The zero-order chi connectivity index (χ0) is 12.4. The fraction of sp³-hybridized carbons (Fsp3) is 0.769. The van der Waals surface area contributed by atoms with Crippen LogP contribution >= 0.6 is 0 Å². The van der Waals surface area contributed by atoms with Crippen LogP contribution in [0.25, 0.3) is 0 Å². The first-order chi connectivity index (χ1) is 7.96. The first-order valence-electron chi connectivity index (χ1n) is 6.12. The van der Waals surface area contributed by atoms with Gasteiger partial charge in [0.05, 0.1) is 6.07 Å². The summed E-state index contributed by atoms with van der Waals surface area (Å²) in [7, 11) is 0. The van der Waals surface area contributed by atoms with Gasteiger partial charge in [0.2, 0.25) is 0 Å². The Bertz CT molecular complexity index is 466. The summed E-state index contributed by atoms with van der Waals surface area (Å²) in [5, 5.41) is 9.15. The smallest absolute Gasteiger partial charge is 0.324 e. The van der Waals surface area contributed by atoms with Crippen LogP contribution in [-0.4, -0.2) is 17.4 Å². The SMILES string of the molecule is C[C@@]12[C@H](C#N)C(=O)O[C@]1(C)[C@H]1CCCC(=O)[C@@H]12. The number of ether oxygens (including phenoxy) is 1. The lowest BCUT2D eigenvalue weighted by atomic mass is 9.39. The summed E-state index contributed by atoms with van der Waals surface area (Å²) in [5.74, 6) is -1.05. The molecular weight excluding hydrogens is 218 g/mol. The Morgan fingerprint density at radius 1 is 1.41 bits per heavy atom. The zero-order valence-electron chi connectivity index (χ0n) is 10.0. The van der Waals surface area contributed by atoms with Crippen LogP contribution in [0.1, 0.15) is 33.1 Å². The van der Waals surface area contributed by atoms with Crippen molar-refractivity contribution >= 4 is 11.8 Å². The molecule has 0 aromatic carbocycles. The van der Waals surface area contributed by atoms with Crippen molar-refractivity contribution in [3.63, 3.8) is 0 Å². The number of hydrogen-bond donors (Lipinski definition) is 0. The maximum absolute atomic E-state index is 12.0. The molecule has 0 amide bonds. The highest BCUT2D eigenvalue weighted by Crippen LogP contribution is 2.70. The predicted octanol–water partition coefficient (Wildman–Crippen LogP) is 1.45. The molecule has 2 aliphatic carbocycles. The molecule has 0 aromatic heterocycles.